The van der Waals surface area contributed by atoms with Crippen molar-refractivity contribution in [1.82, 2.24) is 4.98 Å². The number of phenols is 1. The number of hydrogen-bond donors (Lipinski definition) is 2. The fraction of sp³-hybridized carbons (Fsp3) is 0.0769. The summed E-state index contributed by atoms with van der Waals surface area (Å²) in [7, 11) is 1.66. The second-order valence-corrected chi connectivity index (χ2v) is 4.91. The Bertz CT molecular complexity index is 718. The number of phenolic OH excluding ortho intramolecular Hbond substituents is 1. The minimum absolute atomic E-state index is 0.272. The molecule has 0 atom stereocenters. The molecule has 0 fully saturated rings. The van der Waals surface area contributed by atoms with E-state index < -0.39 is 0 Å². The van der Waals surface area contributed by atoms with Gasteiger partial charge in [0.1, 0.15) is 11.5 Å². The summed E-state index contributed by atoms with van der Waals surface area (Å²) >= 11 is 2.27. The second-order valence-electron chi connectivity index (χ2n) is 3.83. The molecule has 0 saturated heterocycles. The van der Waals surface area contributed by atoms with Gasteiger partial charge in [-0.05, 0) is 40.8 Å². The van der Waals surface area contributed by atoms with Gasteiger partial charge in [-0.3, -0.25) is 0 Å². The van der Waals surface area contributed by atoms with Crippen molar-refractivity contribution in [1.29, 1.82) is 0 Å². The normalized spacial score (nSPS) is 11.2. The number of ether oxygens (including phenoxy) is 1. The van der Waals surface area contributed by atoms with Gasteiger partial charge < -0.3 is 14.8 Å². The Hall–Kier alpha value is -1.43. The summed E-state index contributed by atoms with van der Waals surface area (Å²) in [6, 6.07) is 9.42. The Labute approximate surface area is 112 Å². The number of nitrogens with one attached hydrogen (secondary N) is 1. The lowest BCUT2D eigenvalue weighted by Crippen LogP contribution is -1.86. The molecule has 0 aliphatic carbocycles. The number of para-hydroxylation sites is 1. The summed E-state index contributed by atoms with van der Waals surface area (Å²) in [6.45, 7) is 0. The van der Waals surface area contributed by atoms with Crippen LogP contribution in [0.5, 0.6) is 11.5 Å². The molecule has 3 rings (SSSR count). The van der Waals surface area contributed by atoms with Gasteiger partial charge in [-0.15, -0.1) is 0 Å². The molecule has 3 nitrogen and oxygen atoms in total. The summed E-state index contributed by atoms with van der Waals surface area (Å²) in [5, 5.41) is 11.9. The van der Waals surface area contributed by atoms with Crippen molar-refractivity contribution in [3.8, 4) is 11.5 Å². The van der Waals surface area contributed by atoms with Crippen molar-refractivity contribution >= 4 is 44.4 Å². The SMILES string of the molecule is COc1ccc2[nH]c3c(O)cccc3c2c1I. The zero-order chi connectivity index (χ0) is 12.0. The number of aromatic amines is 1. The number of rotatable bonds is 1. The van der Waals surface area contributed by atoms with Gasteiger partial charge >= 0.3 is 0 Å². The first-order valence-electron chi connectivity index (χ1n) is 5.18. The Balaban J connectivity index is 2.54. The van der Waals surface area contributed by atoms with Crippen LogP contribution >= 0.6 is 22.6 Å². The molecule has 0 amide bonds. The Kier molecular flexibility index (Phi) is 2.39. The first kappa shape index (κ1) is 10.7. The minimum atomic E-state index is 0.272. The third-order valence-corrected chi connectivity index (χ3v) is 3.97. The van der Waals surface area contributed by atoms with Gasteiger partial charge in [-0.1, -0.05) is 12.1 Å². The number of fused-ring (bicyclic) bond motifs is 3. The molecule has 0 radical (unpaired) electrons. The lowest BCUT2D eigenvalue weighted by atomic mass is 10.1. The highest BCUT2D eigenvalue weighted by molar-refractivity contribution is 14.1. The molecule has 86 valence electrons. The molecule has 4 heteroatoms. The average molecular weight is 339 g/mol. The van der Waals surface area contributed by atoms with E-state index in [-0.39, 0.29) is 5.75 Å². The smallest absolute Gasteiger partial charge is 0.139 e. The van der Waals surface area contributed by atoms with Crippen LogP contribution in [0.25, 0.3) is 21.8 Å². The van der Waals surface area contributed by atoms with Gasteiger partial charge in [0, 0.05) is 16.3 Å². The van der Waals surface area contributed by atoms with E-state index in [1.165, 1.54) is 0 Å². The molecule has 3 aromatic rings. The van der Waals surface area contributed by atoms with Gasteiger partial charge in [0.15, 0.2) is 0 Å². The number of aromatic hydroxyl groups is 1. The van der Waals surface area contributed by atoms with Crippen molar-refractivity contribution in [3.05, 3.63) is 33.9 Å². The predicted molar refractivity (Wildman–Crippen MR) is 76.7 cm³/mol. The summed E-state index contributed by atoms with van der Waals surface area (Å²) < 4.78 is 6.37. The number of methoxy groups -OCH3 is 1. The third kappa shape index (κ3) is 1.47. The average Bonchev–Trinajstić information content (AvgIpc) is 2.70. The fourth-order valence-corrected chi connectivity index (χ4v) is 3.08. The van der Waals surface area contributed by atoms with Crippen molar-refractivity contribution in [2.24, 2.45) is 0 Å². The number of benzene rings is 2. The zero-order valence-corrected chi connectivity index (χ0v) is 11.3. The highest BCUT2D eigenvalue weighted by Crippen LogP contribution is 2.37. The molecule has 2 N–H and O–H groups in total. The molecule has 17 heavy (non-hydrogen) atoms. The van der Waals surface area contributed by atoms with Crippen LogP contribution < -0.4 is 4.74 Å². The lowest BCUT2D eigenvalue weighted by Gasteiger charge is -2.03. The second kappa shape index (κ2) is 3.80. The molecule has 1 aromatic heterocycles. The number of halogens is 1. The molecule has 0 saturated carbocycles. The molecule has 2 aromatic carbocycles. The van der Waals surface area contributed by atoms with Crippen LogP contribution in [0.1, 0.15) is 0 Å². The van der Waals surface area contributed by atoms with E-state index >= 15 is 0 Å². The summed E-state index contributed by atoms with van der Waals surface area (Å²) in [4.78, 5) is 3.23. The maximum atomic E-state index is 9.82. The third-order valence-electron chi connectivity index (χ3n) is 2.90. The first-order chi connectivity index (χ1) is 8.22. The molecule has 0 aliphatic rings. The molecular formula is C13H10INO2. The van der Waals surface area contributed by atoms with E-state index in [0.717, 1.165) is 31.1 Å². The van der Waals surface area contributed by atoms with E-state index in [2.05, 4.69) is 27.6 Å². The maximum Gasteiger partial charge on any atom is 0.139 e. The van der Waals surface area contributed by atoms with Gasteiger partial charge in [0.05, 0.1) is 16.2 Å². The largest absolute Gasteiger partial charge is 0.506 e. The monoisotopic (exact) mass is 339 g/mol. The first-order valence-corrected chi connectivity index (χ1v) is 6.26. The Morgan fingerprint density at radius 1 is 1.24 bits per heavy atom. The van der Waals surface area contributed by atoms with E-state index in [9.17, 15) is 5.11 Å². The Morgan fingerprint density at radius 3 is 2.82 bits per heavy atom. The van der Waals surface area contributed by atoms with E-state index in [1.54, 1.807) is 13.2 Å². The molecule has 0 unspecified atom stereocenters. The summed E-state index contributed by atoms with van der Waals surface area (Å²) in [5.74, 6) is 1.12. The lowest BCUT2D eigenvalue weighted by molar-refractivity contribution is 0.412. The number of hydrogen-bond acceptors (Lipinski definition) is 2. The van der Waals surface area contributed by atoms with Gasteiger partial charge in [-0.2, -0.15) is 0 Å². The maximum absolute atomic E-state index is 9.82. The van der Waals surface area contributed by atoms with Crippen LogP contribution in [0.4, 0.5) is 0 Å². The highest BCUT2D eigenvalue weighted by Gasteiger charge is 2.12. The number of H-pyrrole nitrogens is 1. The van der Waals surface area contributed by atoms with Crippen LogP contribution in [0.2, 0.25) is 0 Å². The molecular weight excluding hydrogens is 329 g/mol. The highest BCUT2D eigenvalue weighted by atomic mass is 127. The van der Waals surface area contributed by atoms with Gasteiger partial charge in [-0.25, -0.2) is 0 Å². The standard InChI is InChI=1S/C13H10INO2/c1-17-10-6-5-8-11(12(10)14)7-3-2-4-9(16)13(7)15-8/h2-6,15-16H,1H3. The quantitative estimate of drug-likeness (QED) is 0.665. The van der Waals surface area contributed by atoms with Crippen molar-refractivity contribution in [3.63, 3.8) is 0 Å². The van der Waals surface area contributed by atoms with E-state index in [0.29, 0.717) is 0 Å². The van der Waals surface area contributed by atoms with Crippen LogP contribution in [0.15, 0.2) is 30.3 Å². The van der Waals surface area contributed by atoms with Crippen LogP contribution in [0, 0.1) is 3.57 Å². The van der Waals surface area contributed by atoms with Gasteiger partial charge in [0.2, 0.25) is 0 Å². The molecule has 0 aliphatic heterocycles. The Morgan fingerprint density at radius 2 is 2.06 bits per heavy atom. The molecule has 0 bridgehead atoms. The predicted octanol–water partition coefficient (Wildman–Crippen LogP) is 3.64. The van der Waals surface area contributed by atoms with Crippen LogP contribution in [-0.4, -0.2) is 17.2 Å². The van der Waals surface area contributed by atoms with Crippen molar-refractivity contribution in [2.45, 2.75) is 0 Å². The zero-order valence-electron chi connectivity index (χ0n) is 9.12. The van der Waals surface area contributed by atoms with E-state index in [1.807, 2.05) is 24.3 Å². The molecule has 0 spiro atoms. The number of aromatic nitrogens is 1. The fourth-order valence-electron chi connectivity index (χ4n) is 2.10. The minimum Gasteiger partial charge on any atom is -0.506 e. The van der Waals surface area contributed by atoms with Crippen molar-refractivity contribution < 1.29 is 9.84 Å². The molecule has 1 heterocycles. The van der Waals surface area contributed by atoms with Crippen molar-refractivity contribution in [2.75, 3.05) is 7.11 Å². The van der Waals surface area contributed by atoms with Crippen LogP contribution in [-0.2, 0) is 0 Å². The summed E-state index contributed by atoms with van der Waals surface area (Å²) in [6.07, 6.45) is 0. The van der Waals surface area contributed by atoms with Crippen LogP contribution in [0.3, 0.4) is 0 Å². The van der Waals surface area contributed by atoms with E-state index in [4.69, 9.17) is 4.74 Å². The summed E-state index contributed by atoms with van der Waals surface area (Å²) in [5.41, 5.74) is 1.78. The van der Waals surface area contributed by atoms with Gasteiger partial charge in [0.25, 0.3) is 0 Å². The topological polar surface area (TPSA) is 45.2 Å².